The first-order valence-electron chi connectivity index (χ1n) is 13.3. The third kappa shape index (κ3) is 6.61. The number of nitrogens with one attached hydrogen (secondary N) is 2. The predicted molar refractivity (Wildman–Crippen MR) is 152 cm³/mol. The fourth-order valence-corrected chi connectivity index (χ4v) is 6.77. The Kier molecular flexibility index (Phi) is 9.75. The Bertz CT molecular complexity index is 1420. The number of carbonyl (C=O) groups is 2. The van der Waals surface area contributed by atoms with E-state index in [1.807, 2.05) is 49.5 Å². The molecule has 1 saturated heterocycles. The monoisotopic (exact) mass is 568 g/mol. The Morgan fingerprint density at radius 2 is 1.73 bits per heavy atom. The van der Waals surface area contributed by atoms with E-state index in [4.69, 9.17) is 4.74 Å². The minimum atomic E-state index is -4.27. The van der Waals surface area contributed by atoms with Gasteiger partial charge in [0.15, 0.2) is 0 Å². The van der Waals surface area contributed by atoms with E-state index in [1.165, 1.54) is 31.4 Å². The summed E-state index contributed by atoms with van der Waals surface area (Å²) in [4.78, 5) is 27.9. The number of nitrogens with zero attached hydrogens (tertiary/aromatic N) is 2. The van der Waals surface area contributed by atoms with Crippen molar-refractivity contribution in [1.82, 2.24) is 20.0 Å². The molecule has 3 aromatic carbocycles. The highest BCUT2D eigenvalue weighted by Crippen LogP contribution is 2.26. The van der Waals surface area contributed by atoms with Gasteiger partial charge in [0.2, 0.25) is 15.9 Å². The molecule has 1 aliphatic heterocycles. The number of methoxy groups -OCH3 is 1. The molecule has 0 spiro atoms. The van der Waals surface area contributed by atoms with Gasteiger partial charge in [0.25, 0.3) is 5.91 Å². The molecule has 2 amide bonds. The van der Waals surface area contributed by atoms with Crippen LogP contribution in [0.5, 0.6) is 5.75 Å². The van der Waals surface area contributed by atoms with E-state index in [0.29, 0.717) is 24.9 Å². The van der Waals surface area contributed by atoms with E-state index in [-0.39, 0.29) is 30.2 Å². The second-order valence-electron chi connectivity index (χ2n) is 9.82. The quantitative estimate of drug-likeness (QED) is 0.240. The lowest BCUT2D eigenvalue weighted by molar-refractivity contribution is -0.135. The van der Waals surface area contributed by atoms with Crippen molar-refractivity contribution in [3.05, 3.63) is 72.3 Å². The van der Waals surface area contributed by atoms with Crippen LogP contribution in [0.2, 0.25) is 0 Å². The molecule has 1 unspecified atom stereocenters. The average molecular weight is 569 g/mol. The molecule has 1 aliphatic rings. The van der Waals surface area contributed by atoms with Crippen molar-refractivity contribution in [2.75, 3.05) is 33.8 Å². The van der Waals surface area contributed by atoms with Crippen molar-refractivity contribution in [3.63, 3.8) is 0 Å². The highest BCUT2D eigenvalue weighted by Gasteiger charge is 2.37. The zero-order chi connectivity index (χ0) is 28.7. The van der Waals surface area contributed by atoms with Crippen molar-refractivity contribution >= 4 is 32.6 Å². The molecule has 11 heteroatoms. The van der Waals surface area contributed by atoms with Crippen LogP contribution in [-0.2, 0) is 26.0 Å². The van der Waals surface area contributed by atoms with E-state index in [9.17, 15) is 23.2 Å². The summed E-state index contributed by atoms with van der Waals surface area (Å²) in [5.74, 6) is -0.587. The molecule has 10 nitrogen and oxygen atoms in total. The number of hydroxylamine groups is 1. The van der Waals surface area contributed by atoms with Crippen LogP contribution in [0.15, 0.2) is 71.6 Å². The largest absolute Gasteiger partial charge is 0.497 e. The maximum absolute atomic E-state index is 14.0. The Labute approximate surface area is 234 Å². The van der Waals surface area contributed by atoms with Crippen molar-refractivity contribution in [2.24, 2.45) is 0 Å². The van der Waals surface area contributed by atoms with Gasteiger partial charge in [-0.15, -0.1) is 0 Å². The molecule has 1 atom stereocenters. The lowest BCUT2D eigenvalue weighted by Gasteiger charge is -2.33. The Morgan fingerprint density at radius 1 is 1.05 bits per heavy atom. The lowest BCUT2D eigenvalue weighted by Crippen LogP contribution is -2.51. The second kappa shape index (κ2) is 13.2. The standard InChI is InChI=1S/C29H36N4O6S/c1-30-23-14-17-32(18-15-23)28(34)16-19-33(40(37,38)25-12-10-24(39-2)11-13-25)27(29(35)31-36)20-22-8-5-7-21-6-3-4-9-26(21)22/h3-13,23,27,30,36H,14-20H2,1-2H3,(H,31,35). The number of benzene rings is 3. The summed E-state index contributed by atoms with van der Waals surface area (Å²) in [6, 6.07) is 18.1. The Morgan fingerprint density at radius 3 is 2.38 bits per heavy atom. The van der Waals surface area contributed by atoms with Gasteiger partial charge in [-0.05, 0) is 66.9 Å². The van der Waals surface area contributed by atoms with E-state index in [1.54, 1.807) is 10.4 Å². The summed E-state index contributed by atoms with van der Waals surface area (Å²) in [5, 5.41) is 14.7. The number of hydrogen-bond acceptors (Lipinski definition) is 7. The number of piperidine rings is 1. The fraction of sp³-hybridized carbons (Fsp3) is 0.379. The van der Waals surface area contributed by atoms with Crippen LogP contribution in [0, 0.1) is 0 Å². The molecule has 0 aromatic heterocycles. The van der Waals surface area contributed by atoms with E-state index >= 15 is 0 Å². The highest BCUT2D eigenvalue weighted by molar-refractivity contribution is 7.89. The summed E-state index contributed by atoms with van der Waals surface area (Å²) in [7, 11) is -0.894. The van der Waals surface area contributed by atoms with E-state index in [2.05, 4.69) is 5.32 Å². The first kappa shape index (κ1) is 29.5. The van der Waals surface area contributed by atoms with Crippen molar-refractivity contribution in [1.29, 1.82) is 0 Å². The van der Waals surface area contributed by atoms with Gasteiger partial charge in [-0.25, -0.2) is 13.9 Å². The molecule has 214 valence electrons. The number of amides is 2. The van der Waals surface area contributed by atoms with Gasteiger partial charge in [0.1, 0.15) is 11.8 Å². The summed E-state index contributed by atoms with van der Waals surface area (Å²) in [6.45, 7) is 0.917. The highest BCUT2D eigenvalue weighted by atomic mass is 32.2. The molecule has 1 fully saturated rings. The first-order chi connectivity index (χ1) is 19.3. The molecule has 0 saturated carbocycles. The fourth-order valence-electron chi connectivity index (χ4n) is 5.19. The maximum atomic E-state index is 14.0. The second-order valence-corrected chi connectivity index (χ2v) is 11.7. The predicted octanol–water partition coefficient (Wildman–Crippen LogP) is 2.56. The number of sulfonamides is 1. The molecule has 3 aromatic rings. The number of ether oxygens (including phenoxy) is 1. The summed E-state index contributed by atoms with van der Waals surface area (Å²) in [5.41, 5.74) is 2.39. The van der Waals surface area contributed by atoms with Gasteiger partial charge in [0, 0.05) is 32.1 Å². The molecule has 0 radical (unpaired) electrons. The van der Waals surface area contributed by atoms with Crippen molar-refractivity contribution in [3.8, 4) is 5.75 Å². The summed E-state index contributed by atoms with van der Waals surface area (Å²) < 4.78 is 34.2. The van der Waals surface area contributed by atoms with Crippen LogP contribution in [-0.4, -0.2) is 80.5 Å². The maximum Gasteiger partial charge on any atom is 0.262 e. The van der Waals surface area contributed by atoms with E-state index < -0.39 is 22.0 Å². The van der Waals surface area contributed by atoms with Gasteiger partial charge in [-0.1, -0.05) is 42.5 Å². The van der Waals surface area contributed by atoms with Crippen LogP contribution >= 0.6 is 0 Å². The van der Waals surface area contributed by atoms with Crippen LogP contribution in [0.3, 0.4) is 0 Å². The van der Waals surface area contributed by atoms with Gasteiger partial charge in [-0.3, -0.25) is 14.8 Å². The summed E-state index contributed by atoms with van der Waals surface area (Å²) >= 11 is 0. The average Bonchev–Trinajstić information content (AvgIpc) is 3.00. The smallest absolute Gasteiger partial charge is 0.262 e. The van der Waals surface area contributed by atoms with E-state index in [0.717, 1.165) is 33.5 Å². The van der Waals surface area contributed by atoms with Gasteiger partial charge < -0.3 is 15.0 Å². The van der Waals surface area contributed by atoms with Crippen LogP contribution < -0.4 is 15.5 Å². The molecular formula is C29H36N4O6S. The Balaban J connectivity index is 1.68. The van der Waals surface area contributed by atoms with Gasteiger partial charge in [0.05, 0.1) is 12.0 Å². The number of hydrogen-bond donors (Lipinski definition) is 3. The molecule has 4 rings (SSSR count). The van der Waals surface area contributed by atoms with Crippen LogP contribution in [0.4, 0.5) is 0 Å². The minimum absolute atomic E-state index is 0.00904. The van der Waals surface area contributed by atoms with Crippen LogP contribution in [0.1, 0.15) is 24.8 Å². The van der Waals surface area contributed by atoms with Crippen LogP contribution in [0.25, 0.3) is 10.8 Å². The number of likely N-dealkylation sites (tertiary alicyclic amines) is 1. The zero-order valence-corrected chi connectivity index (χ0v) is 23.6. The van der Waals surface area contributed by atoms with Crippen molar-refractivity contribution in [2.45, 2.75) is 42.7 Å². The molecule has 0 aliphatic carbocycles. The Hall–Kier alpha value is -3.51. The van der Waals surface area contributed by atoms with Gasteiger partial charge >= 0.3 is 0 Å². The normalized spacial score (nSPS) is 15.2. The molecular weight excluding hydrogens is 532 g/mol. The number of rotatable bonds is 11. The third-order valence-corrected chi connectivity index (χ3v) is 9.44. The minimum Gasteiger partial charge on any atom is -0.497 e. The molecule has 3 N–H and O–H groups in total. The molecule has 0 bridgehead atoms. The summed E-state index contributed by atoms with van der Waals surface area (Å²) in [6.07, 6.45) is 1.51. The third-order valence-electron chi connectivity index (χ3n) is 7.52. The topological polar surface area (TPSA) is 128 Å². The van der Waals surface area contributed by atoms with Gasteiger partial charge in [-0.2, -0.15) is 4.31 Å². The first-order valence-corrected chi connectivity index (χ1v) is 14.7. The number of fused-ring (bicyclic) bond motifs is 1. The zero-order valence-electron chi connectivity index (χ0n) is 22.7. The number of carbonyl (C=O) groups excluding carboxylic acids is 2. The molecule has 40 heavy (non-hydrogen) atoms. The molecule has 1 heterocycles. The van der Waals surface area contributed by atoms with Crippen molar-refractivity contribution < 1.29 is 28.0 Å². The SMILES string of the molecule is CNC1CCN(C(=O)CCN(C(Cc2cccc3ccccc23)C(=O)NO)S(=O)(=O)c2ccc(OC)cc2)CC1. The lowest BCUT2D eigenvalue weighted by atomic mass is 9.98.